The Hall–Kier alpha value is -2.29. The molecule has 17 heavy (non-hydrogen) atoms. The van der Waals surface area contributed by atoms with E-state index in [4.69, 9.17) is 0 Å². The highest BCUT2D eigenvalue weighted by Crippen LogP contribution is 2.23. The van der Waals surface area contributed by atoms with E-state index in [9.17, 15) is 4.39 Å². The first kappa shape index (κ1) is 8.82. The molecule has 0 aliphatic carbocycles. The molecule has 4 rings (SSSR count). The van der Waals surface area contributed by atoms with Crippen LogP contribution in [0.2, 0.25) is 0 Å². The molecule has 2 nitrogen and oxygen atoms in total. The van der Waals surface area contributed by atoms with Gasteiger partial charge in [-0.3, -0.25) is 0 Å². The molecule has 0 aliphatic rings. The average Bonchev–Trinajstić information content (AvgIpc) is 2.97. The molecule has 0 fully saturated rings. The van der Waals surface area contributed by atoms with Gasteiger partial charge in [0.1, 0.15) is 5.82 Å². The molecule has 0 N–H and O–H groups in total. The lowest BCUT2D eigenvalue weighted by molar-refractivity contribution is 0.629. The SMILES string of the molecule is Fc1ccc2c(c1)n1cccc1c1cccn12. The summed E-state index contributed by atoms with van der Waals surface area (Å²) >= 11 is 0. The summed E-state index contributed by atoms with van der Waals surface area (Å²) in [5, 5.41) is 0. The van der Waals surface area contributed by atoms with Crippen molar-refractivity contribution in [3.05, 3.63) is 60.7 Å². The molecule has 3 aromatic heterocycles. The maximum absolute atomic E-state index is 13.4. The predicted molar refractivity (Wildman–Crippen MR) is 65.8 cm³/mol. The number of halogens is 1. The van der Waals surface area contributed by atoms with Crippen LogP contribution >= 0.6 is 0 Å². The van der Waals surface area contributed by atoms with Gasteiger partial charge in [-0.05, 0) is 36.4 Å². The number of fused-ring (bicyclic) bond motifs is 6. The monoisotopic (exact) mass is 224 g/mol. The van der Waals surface area contributed by atoms with Crippen LogP contribution in [0.25, 0.3) is 22.1 Å². The molecule has 4 aromatic rings. The molecule has 0 unspecified atom stereocenters. The summed E-state index contributed by atoms with van der Waals surface area (Å²) in [6, 6.07) is 13.0. The Morgan fingerprint density at radius 2 is 1.29 bits per heavy atom. The molecule has 0 aliphatic heterocycles. The number of benzene rings is 1. The molecule has 0 spiro atoms. The number of hydrogen-bond acceptors (Lipinski definition) is 0. The molecule has 1 aromatic carbocycles. The second-order valence-electron chi connectivity index (χ2n) is 4.16. The highest BCUT2D eigenvalue weighted by molar-refractivity contribution is 5.89. The van der Waals surface area contributed by atoms with Crippen molar-refractivity contribution < 1.29 is 4.39 Å². The van der Waals surface area contributed by atoms with Crippen molar-refractivity contribution in [2.24, 2.45) is 0 Å². The van der Waals surface area contributed by atoms with Crippen molar-refractivity contribution in [1.29, 1.82) is 0 Å². The molecule has 0 bridgehead atoms. The van der Waals surface area contributed by atoms with Crippen LogP contribution in [0.5, 0.6) is 0 Å². The van der Waals surface area contributed by atoms with E-state index in [0.717, 1.165) is 22.1 Å². The fraction of sp³-hybridized carbons (Fsp3) is 0. The van der Waals surface area contributed by atoms with Crippen molar-refractivity contribution in [3.63, 3.8) is 0 Å². The Morgan fingerprint density at radius 1 is 0.706 bits per heavy atom. The van der Waals surface area contributed by atoms with Gasteiger partial charge >= 0.3 is 0 Å². The third-order valence-corrected chi connectivity index (χ3v) is 3.22. The van der Waals surface area contributed by atoms with Crippen LogP contribution in [0.1, 0.15) is 0 Å². The third-order valence-electron chi connectivity index (χ3n) is 3.22. The minimum Gasteiger partial charge on any atom is -0.313 e. The van der Waals surface area contributed by atoms with E-state index >= 15 is 0 Å². The van der Waals surface area contributed by atoms with Gasteiger partial charge < -0.3 is 8.80 Å². The molecule has 0 amide bonds. The van der Waals surface area contributed by atoms with E-state index in [0.29, 0.717) is 0 Å². The second-order valence-corrected chi connectivity index (χ2v) is 4.16. The second kappa shape index (κ2) is 2.88. The fourth-order valence-corrected chi connectivity index (χ4v) is 2.49. The van der Waals surface area contributed by atoms with Crippen LogP contribution in [0, 0.1) is 5.82 Å². The fourth-order valence-electron chi connectivity index (χ4n) is 2.49. The minimum atomic E-state index is -0.209. The maximum Gasteiger partial charge on any atom is 0.125 e. The van der Waals surface area contributed by atoms with Crippen molar-refractivity contribution >= 4 is 22.1 Å². The Morgan fingerprint density at radius 3 is 2.00 bits per heavy atom. The van der Waals surface area contributed by atoms with Gasteiger partial charge in [0.15, 0.2) is 0 Å². The zero-order valence-corrected chi connectivity index (χ0v) is 8.97. The van der Waals surface area contributed by atoms with Gasteiger partial charge in [-0.25, -0.2) is 4.39 Å². The van der Waals surface area contributed by atoms with Crippen LogP contribution in [-0.4, -0.2) is 8.80 Å². The van der Waals surface area contributed by atoms with E-state index < -0.39 is 0 Å². The Bertz CT molecular complexity index is 854. The minimum absolute atomic E-state index is 0.209. The van der Waals surface area contributed by atoms with Gasteiger partial charge in [0, 0.05) is 18.5 Å². The lowest BCUT2D eigenvalue weighted by Gasteiger charge is -2.07. The molecular weight excluding hydrogens is 215 g/mol. The molecule has 0 radical (unpaired) electrons. The molecule has 3 heterocycles. The van der Waals surface area contributed by atoms with Crippen LogP contribution in [0.15, 0.2) is 54.9 Å². The summed E-state index contributed by atoms with van der Waals surface area (Å²) in [6.07, 6.45) is 3.96. The van der Waals surface area contributed by atoms with Gasteiger partial charge in [0.05, 0.1) is 22.1 Å². The summed E-state index contributed by atoms with van der Waals surface area (Å²) in [6.45, 7) is 0. The van der Waals surface area contributed by atoms with Crippen LogP contribution < -0.4 is 0 Å². The first-order valence-electron chi connectivity index (χ1n) is 5.50. The first-order valence-corrected chi connectivity index (χ1v) is 5.50. The van der Waals surface area contributed by atoms with Crippen molar-refractivity contribution in [3.8, 4) is 0 Å². The number of aromatic nitrogens is 2. The lowest BCUT2D eigenvalue weighted by Crippen LogP contribution is -1.95. The number of nitrogens with zero attached hydrogens (tertiary/aromatic N) is 2. The Kier molecular flexibility index (Phi) is 1.50. The summed E-state index contributed by atoms with van der Waals surface area (Å²) in [7, 11) is 0. The van der Waals surface area contributed by atoms with Crippen molar-refractivity contribution in [1.82, 2.24) is 8.80 Å². The lowest BCUT2D eigenvalue weighted by atomic mass is 10.2. The number of hydrogen-bond donors (Lipinski definition) is 0. The van der Waals surface area contributed by atoms with Crippen molar-refractivity contribution in [2.75, 3.05) is 0 Å². The van der Waals surface area contributed by atoms with Gasteiger partial charge in [0.25, 0.3) is 0 Å². The maximum atomic E-state index is 13.4. The summed E-state index contributed by atoms with van der Waals surface area (Å²) in [5.41, 5.74) is 4.12. The van der Waals surface area contributed by atoms with Gasteiger partial charge in [-0.15, -0.1) is 0 Å². The Labute approximate surface area is 96.5 Å². The normalized spacial score (nSPS) is 11.8. The summed E-state index contributed by atoms with van der Waals surface area (Å²) in [4.78, 5) is 0. The molecule has 82 valence electrons. The highest BCUT2D eigenvalue weighted by atomic mass is 19.1. The smallest absolute Gasteiger partial charge is 0.125 e. The van der Waals surface area contributed by atoms with Crippen molar-refractivity contribution in [2.45, 2.75) is 0 Å². The topological polar surface area (TPSA) is 8.82 Å². The molecular formula is C14H9FN2. The van der Waals surface area contributed by atoms with E-state index in [-0.39, 0.29) is 5.82 Å². The molecule has 0 atom stereocenters. The van der Waals surface area contributed by atoms with Gasteiger partial charge in [-0.2, -0.15) is 0 Å². The zero-order chi connectivity index (χ0) is 11.4. The van der Waals surface area contributed by atoms with Crippen LogP contribution in [0.3, 0.4) is 0 Å². The van der Waals surface area contributed by atoms with E-state index in [2.05, 4.69) is 10.5 Å². The standard InChI is InChI=1S/C14H9FN2/c15-10-5-6-13-14(9-10)17-8-2-4-12(17)11-3-1-7-16(11)13/h1-9H. The van der Waals surface area contributed by atoms with Crippen LogP contribution in [-0.2, 0) is 0 Å². The average molecular weight is 224 g/mol. The van der Waals surface area contributed by atoms with Gasteiger partial charge in [0.2, 0.25) is 0 Å². The molecule has 3 heteroatoms. The van der Waals surface area contributed by atoms with E-state index in [1.165, 1.54) is 6.07 Å². The zero-order valence-electron chi connectivity index (χ0n) is 8.97. The highest BCUT2D eigenvalue weighted by Gasteiger charge is 2.07. The first-order chi connectivity index (χ1) is 8.34. The van der Waals surface area contributed by atoms with E-state index in [1.807, 2.05) is 41.1 Å². The number of rotatable bonds is 0. The molecule has 0 saturated carbocycles. The summed E-state index contributed by atoms with van der Waals surface area (Å²) in [5.74, 6) is -0.209. The Balaban J connectivity index is 2.45. The van der Waals surface area contributed by atoms with Gasteiger partial charge in [-0.1, -0.05) is 0 Å². The predicted octanol–water partition coefficient (Wildman–Crippen LogP) is 3.48. The largest absolute Gasteiger partial charge is 0.313 e. The quantitative estimate of drug-likeness (QED) is 0.432. The molecule has 0 saturated heterocycles. The van der Waals surface area contributed by atoms with Crippen LogP contribution in [0.4, 0.5) is 4.39 Å². The van der Waals surface area contributed by atoms with E-state index in [1.54, 1.807) is 6.07 Å². The summed E-state index contributed by atoms with van der Waals surface area (Å²) < 4.78 is 17.5. The third kappa shape index (κ3) is 1.03.